The van der Waals surface area contributed by atoms with Gasteiger partial charge in [0, 0.05) is 30.4 Å². The summed E-state index contributed by atoms with van der Waals surface area (Å²) in [4.78, 5) is 2.38. The van der Waals surface area contributed by atoms with Gasteiger partial charge in [-0.3, -0.25) is 4.68 Å². The van der Waals surface area contributed by atoms with Crippen LogP contribution in [0.5, 0.6) is 0 Å². The van der Waals surface area contributed by atoms with Gasteiger partial charge in [0.25, 0.3) is 0 Å². The molecule has 1 aliphatic rings. The van der Waals surface area contributed by atoms with Crippen LogP contribution in [0.2, 0.25) is 0 Å². The second-order valence-electron chi connectivity index (χ2n) is 5.91. The summed E-state index contributed by atoms with van der Waals surface area (Å²) < 4.78 is 2.09. The highest BCUT2D eigenvalue weighted by atomic mass is 35.5. The van der Waals surface area contributed by atoms with Crippen molar-refractivity contribution in [1.29, 1.82) is 0 Å². The first-order valence-corrected chi connectivity index (χ1v) is 7.88. The fourth-order valence-corrected chi connectivity index (χ4v) is 3.62. The Morgan fingerprint density at radius 2 is 2.10 bits per heavy atom. The second-order valence-corrected chi connectivity index (χ2v) is 6.53. The molecular weight excluding hydrogens is 270 g/mol. The van der Waals surface area contributed by atoms with Crippen LogP contribution < -0.4 is 0 Å². The Bertz CT molecular complexity index is 586. The van der Waals surface area contributed by atoms with Crippen LogP contribution in [-0.4, -0.2) is 33.6 Å². The molecule has 3 rings (SSSR count). The average molecular weight is 292 g/mol. The van der Waals surface area contributed by atoms with E-state index in [2.05, 4.69) is 47.8 Å². The van der Waals surface area contributed by atoms with Gasteiger partial charge in [-0.15, -0.1) is 11.6 Å². The van der Waals surface area contributed by atoms with Gasteiger partial charge < -0.3 is 4.90 Å². The Balaban J connectivity index is 1.73. The van der Waals surface area contributed by atoms with Crippen LogP contribution in [0.25, 0.3) is 10.9 Å². The van der Waals surface area contributed by atoms with Crippen LogP contribution in [0.15, 0.2) is 24.3 Å². The molecule has 2 aromatic rings. The molecule has 20 heavy (non-hydrogen) atoms. The van der Waals surface area contributed by atoms with E-state index in [0.717, 1.165) is 38.4 Å². The molecule has 0 unspecified atom stereocenters. The third-order valence-electron chi connectivity index (χ3n) is 4.20. The maximum atomic E-state index is 6.05. The van der Waals surface area contributed by atoms with E-state index in [1.54, 1.807) is 0 Å². The number of hydrogen-bond acceptors (Lipinski definition) is 2. The average Bonchev–Trinajstić information content (AvgIpc) is 2.75. The van der Waals surface area contributed by atoms with Crippen LogP contribution in [0.1, 0.15) is 25.5 Å². The predicted octanol–water partition coefficient (Wildman–Crippen LogP) is 3.51. The van der Waals surface area contributed by atoms with Crippen molar-refractivity contribution in [2.75, 3.05) is 13.6 Å². The van der Waals surface area contributed by atoms with Crippen molar-refractivity contribution in [3.63, 3.8) is 0 Å². The lowest BCUT2D eigenvalue weighted by Gasteiger charge is -2.33. The van der Waals surface area contributed by atoms with Crippen molar-refractivity contribution in [1.82, 2.24) is 14.7 Å². The lowest BCUT2D eigenvalue weighted by atomic mass is 9.84. The molecule has 0 bridgehead atoms. The quantitative estimate of drug-likeness (QED) is 0.786. The van der Waals surface area contributed by atoms with Gasteiger partial charge in [-0.1, -0.05) is 18.2 Å². The SMILES string of the molecule is CCn1nc(CN(C)CC2CC(Cl)C2)c2ccccc21. The van der Waals surface area contributed by atoms with Gasteiger partial charge in [-0.25, -0.2) is 0 Å². The highest BCUT2D eigenvalue weighted by Gasteiger charge is 2.28. The molecule has 1 fully saturated rings. The summed E-state index contributed by atoms with van der Waals surface area (Å²) in [5, 5.41) is 6.46. The fourth-order valence-electron chi connectivity index (χ4n) is 3.12. The third kappa shape index (κ3) is 2.70. The molecule has 3 nitrogen and oxygen atoms in total. The number of rotatable bonds is 5. The molecule has 0 saturated heterocycles. The number of para-hydroxylation sites is 1. The smallest absolute Gasteiger partial charge is 0.0843 e. The van der Waals surface area contributed by atoms with Crippen molar-refractivity contribution in [2.24, 2.45) is 5.92 Å². The lowest BCUT2D eigenvalue weighted by molar-refractivity contribution is 0.202. The zero-order valence-electron chi connectivity index (χ0n) is 12.2. The predicted molar refractivity (Wildman–Crippen MR) is 84.1 cm³/mol. The summed E-state index contributed by atoms with van der Waals surface area (Å²) in [6.07, 6.45) is 2.33. The number of fused-ring (bicyclic) bond motifs is 1. The Morgan fingerprint density at radius 3 is 2.80 bits per heavy atom. The zero-order valence-corrected chi connectivity index (χ0v) is 13.0. The molecule has 0 aliphatic heterocycles. The minimum Gasteiger partial charge on any atom is -0.300 e. The topological polar surface area (TPSA) is 21.1 Å². The third-order valence-corrected chi connectivity index (χ3v) is 4.56. The first-order valence-electron chi connectivity index (χ1n) is 7.44. The van der Waals surface area contributed by atoms with E-state index in [1.807, 2.05) is 0 Å². The van der Waals surface area contributed by atoms with Gasteiger partial charge in [0.15, 0.2) is 0 Å². The monoisotopic (exact) mass is 291 g/mol. The molecule has 1 aromatic carbocycles. The number of aromatic nitrogens is 2. The Morgan fingerprint density at radius 1 is 1.35 bits per heavy atom. The van der Waals surface area contributed by atoms with Gasteiger partial charge >= 0.3 is 0 Å². The standard InChI is InChI=1S/C16H22ClN3/c1-3-20-16-7-5-4-6-14(16)15(18-20)11-19(2)10-12-8-13(17)9-12/h4-7,12-13H,3,8-11H2,1-2H3. The summed E-state index contributed by atoms with van der Waals surface area (Å²) >= 11 is 6.05. The molecule has 0 atom stereocenters. The molecule has 4 heteroatoms. The van der Waals surface area contributed by atoms with Crippen molar-refractivity contribution in [2.45, 2.75) is 38.2 Å². The second kappa shape index (κ2) is 5.74. The minimum atomic E-state index is 0.411. The fraction of sp³-hybridized carbons (Fsp3) is 0.562. The van der Waals surface area contributed by atoms with E-state index in [0.29, 0.717) is 5.38 Å². The molecule has 108 valence electrons. The number of aryl methyl sites for hydroxylation is 1. The lowest BCUT2D eigenvalue weighted by Crippen LogP contribution is -2.34. The maximum Gasteiger partial charge on any atom is 0.0843 e. The molecule has 0 N–H and O–H groups in total. The van der Waals surface area contributed by atoms with E-state index in [1.165, 1.54) is 16.6 Å². The molecule has 1 aromatic heterocycles. The summed E-state index contributed by atoms with van der Waals surface area (Å²) in [5.74, 6) is 0.766. The number of benzene rings is 1. The first-order chi connectivity index (χ1) is 9.67. The van der Waals surface area contributed by atoms with Gasteiger partial charge in [0.05, 0.1) is 11.2 Å². The maximum absolute atomic E-state index is 6.05. The summed E-state index contributed by atoms with van der Waals surface area (Å²) in [6.45, 7) is 5.09. The van der Waals surface area contributed by atoms with Crippen LogP contribution in [-0.2, 0) is 13.1 Å². The number of hydrogen-bond donors (Lipinski definition) is 0. The van der Waals surface area contributed by atoms with E-state index in [-0.39, 0.29) is 0 Å². The Labute approximate surface area is 125 Å². The highest BCUT2D eigenvalue weighted by Crippen LogP contribution is 2.32. The molecule has 1 saturated carbocycles. The van der Waals surface area contributed by atoms with Crippen LogP contribution >= 0.6 is 11.6 Å². The van der Waals surface area contributed by atoms with Gasteiger partial charge in [-0.05, 0) is 38.8 Å². The minimum absolute atomic E-state index is 0.411. The zero-order chi connectivity index (χ0) is 14.1. The van der Waals surface area contributed by atoms with Gasteiger partial charge in [0.1, 0.15) is 0 Å². The Kier molecular flexibility index (Phi) is 3.99. The largest absolute Gasteiger partial charge is 0.300 e. The highest BCUT2D eigenvalue weighted by molar-refractivity contribution is 6.21. The normalized spacial score (nSPS) is 22.4. The van der Waals surface area contributed by atoms with E-state index in [4.69, 9.17) is 16.7 Å². The van der Waals surface area contributed by atoms with Crippen LogP contribution in [0.3, 0.4) is 0 Å². The van der Waals surface area contributed by atoms with Crippen molar-refractivity contribution in [3.8, 4) is 0 Å². The van der Waals surface area contributed by atoms with Gasteiger partial charge in [-0.2, -0.15) is 5.10 Å². The Hall–Kier alpha value is -1.06. The van der Waals surface area contributed by atoms with E-state index in [9.17, 15) is 0 Å². The van der Waals surface area contributed by atoms with Crippen molar-refractivity contribution in [3.05, 3.63) is 30.0 Å². The number of alkyl halides is 1. The van der Waals surface area contributed by atoms with Crippen LogP contribution in [0, 0.1) is 5.92 Å². The van der Waals surface area contributed by atoms with Crippen molar-refractivity contribution < 1.29 is 0 Å². The van der Waals surface area contributed by atoms with Gasteiger partial charge in [0.2, 0.25) is 0 Å². The molecular formula is C16H22ClN3. The molecule has 0 radical (unpaired) electrons. The summed E-state index contributed by atoms with van der Waals surface area (Å²) in [5.41, 5.74) is 2.43. The molecule has 0 spiro atoms. The van der Waals surface area contributed by atoms with Crippen LogP contribution in [0.4, 0.5) is 0 Å². The molecule has 1 heterocycles. The number of nitrogens with zero attached hydrogens (tertiary/aromatic N) is 3. The molecule has 0 amide bonds. The summed E-state index contributed by atoms with van der Waals surface area (Å²) in [7, 11) is 2.18. The first kappa shape index (κ1) is 13.9. The number of halogens is 1. The summed E-state index contributed by atoms with van der Waals surface area (Å²) in [6, 6.07) is 8.51. The molecule has 1 aliphatic carbocycles. The van der Waals surface area contributed by atoms with Crippen molar-refractivity contribution >= 4 is 22.5 Å². The van der Waals surface area contributed by atoms with E-state index < -0.39 is 0 Å². The van der Waals surface area contributed by atoms with E-state index >= 15 is 0 Å².